The number of hydrogen-bond donors (Lipinski definition) is 2. The molecule has 0 aliphatic heterocycles. The van der Waals surface area contributed by atoms with Crippen LogP contribution < -0.4 is 0 Å². The average molecular weight is 470 g/mol. The molecule has 4 aliphatic carbocycles. The number of allylic oxidation sites excluding steroid dienone is 3. The fourth-order valence-electron chi connectivity index (χ4n) is 9.51. The number of carboxylic acids is 1. The van der Waals surface area contributed by atoms with Crippen LogP contribution in [-0.4, -0.2) is 22.0 Å². The third kappa shape index (κ3) is 3.53. The molecule has 0 amide bonds. The molecule has 0 heterocycles. The SMILES string of the molecule is C/C(=C/CC[C@H](C)[C@H]1CC[C@]2(C)C3=CC[C@@H]4C(C)(C)/C(=N\O)CC[C@]4(C)[C@@H]3CC[C@@]12C)C(=O)O. The van der Waals surface area contributed by atoms with Gasteiger partial charge in [-0.05, 0) is 105 Å². The smallest absolute Gasteiger partial charge is 0.330 e. The van der Waals surface area contributed by atoms with Gasteiger partial charge in [0.1, 0.15) is 0 Å². The quantitative estimate of drug-likeness (QED) is 0.186. The fraction of sp³-hybridized carbons (Fsp3) is 0.800. The summed E-state index contributed by atoms with van der Waals surface area (Å²) < 4.78 is 0. The van der Waals surface area contributed by atoms with Gasteiger partial charge in [0.2, 0.25) is 0 Å². The topological polar surface area (TPSA) is 69.9 Å². The van der Waals surface area contributed by atoms with Crippen molar-refractivity contribution < 1.29 is 15.1 Å². The second-order valence-electron chi connectivity index (χ2n) is 13.5. The van der Waals surface area contributed by atoms with Crippen molar-refractivity contribution in [2.24, 2.45) is 50.5 Å². The Morgan fingerprint density at radius 1 is 1.18 bits per heavy atom. The van der Waals surface area contributed by atoms with Gasteiger partial charge in [-0.3, -0.25) is 0 Å². The van der Waals surface area contributed by atoms with Gasteiger partial charge < -0.3 is 10.3 Å². The molecular weight excluding hydrogens is 422 g/mol. The first-order valence-corrected chi connectivity index (χ1v) is 13.6. The summed E-state index contributed by atoms with van der Waals surface area (Å²) >= 11 is 0. The fourth-order valence-corrected chi connectivity index (χ4v) is 9.51. The minimum atomic E-state index is -0.800. The van der Waals surface area contributed by atoms with E-state index in [4.69, 9.17) is 5.11 Å². The molecule has 2 N–H and O–H groups in total. The van der Waals surface area contributed by atoms with Gasteiger partial charge in [-0.1, -0.05) is 64.4 Å². The number of hydrogen-bond acceptors (Lipinski definition) is 3. The Morgan fingerprint density at radius 3 is 2.53 bits per heavy atom. The number of carbonyl (C=O) groups is 1. The van der Waals surface area contributed by atoms with E-state index in [0.717, 1.165) is 37.8 Å². The number of rotatable bonds is 5. The molecule has 0 spiro atoms. The summed E-state index contributed by atoms with van der Waals surface area (Å²) in [6.07, 6.45) is 14.7. The van der Waals surface area contributed by atoms with Crippen molar-refractivity contribution >= 4 is 11.7 Å². The van der Waals surface area contributed by atoms with E-state index in [0.29, 0.717) is 34.7 Å². The molecule has 0 radical (unpaired) electrons. The van der Waals surface area contributed by atoms with Gasteiger partial charge in [0, 0.05) is 11.0 Å². The number of aliphatic carboxylic acids is 1. The summed E-state index contributed by atoms with van der Waals surface area (Å²) in [5, 5.41) is 22.6. The Morgan fingerprint density at radius 2 is 1.88 bits per heavy atom. The predicted octanol–water partition coefficient (Wildman–Crippen LogP) is 7.87. The first-order valence-electron chi connectivity index (χ1n) is 13.6. The third-order valence-electron chi connectivity index (χ3n) is 11.9. The van der Waals surface area contributed by atoms with E-state index in [1.54, 1.807) is 12.5 Å². The average Bonchev–Trinajstić information content (AvgIpc) is 3.04. The Labute approximate surface area is 207 Å². The van der Waals surface area contributed by atoms with Gasteiger partial charge in [-0.25, -0.2) is 4.79 Å². The van der Waals surface area contributed by atoms with Crippen molar-refractivity contribution in [3.8, 4) is 0 Å². The highest BCUT2D eigenvalue weighted by atomic mass is 16.4. The van der Waals surface area contributed by atoms with Crippen molar-refractivity contribution in [3.63, 3.8) is 0 Å². The van der Waals surface area contributed by atoms with Crippen LogP contribution in [0.4, 0.5) is 0 Å². The molecular formula is C30H47NO3. The lowest BCUT2D eigenvalue weighted by molar-refractivity contribution is -0.132. The Bertz CT molecular complexity index is 929. The molecule has 0 aromatic rings. The molecule has 3 fully saturated rings. The number of carboxylic acid groups (broad SMARTS) is 1. The van der Waals surface area contributed by atoms with Crippen LogP contribution in [0.15, 0.2) is 28.5 Å². The van der Waals surface area contributed by atoms with Crippen molar-refractivity contribution in [2.45, 2.75) is 106 Å². The van der Waals surface area contributed by atoms with Crippen molar-refractivity contribution in [3.05, 3.63) is 23.3 Å². The lowest BCUT2D eigenvalue weighted by atomic mass is 9.41. The molecule has 0 aromatic heterocycles. The van der Waals surface area contributed by atoms with E-state index in [1.165, 1.54) is 25.7 Å². The summed E-state index contributed by atoms with van der Waals surface area (Å²) in [5.74, 6) is 1.66. The lowest BCUT2D eigenvalue weighted by Crippen LogP contribution is -2.57. The number of fused-ring (bicyclic) bond motifs is 5. The molecule has 7 atom stereocenters. The second kappa shape index (κ2) is 8.52. The van der Waals surface area contributed by atoms with Crippen LogP contribution in [-0.2, 0) is 4.79 Å². The van der Waals surface area contributed by atoms with Gasteiger partial charge in [0.05, 0.1) is 5.71 Å². The zero-order chi connectivity index (χ0) is 25.1. The van der Waals surface area contributed by atoms with Crippen LogP contribution in [0, 0.1) is 45.3 Å². The minimum absolute atomic E-state index is 0.0558. The summed E-state index contributed by atoms with van der Waals surface area (Å²) in [7, 11) is 0. The Kier molecular flexibility index (Phi) is 6.39. The molecule has 4 nitrogen and oxygen atoms in total. The molecule has 190 valence electrons. The van der Waals surface area contributed by atoms with Crippen molar-refractivity contribution in [1.29, 1.82) is 0 Å². The van der Waals surface area contributed by atoms with Crippen LogP contribution in [0.5, 0.6) is 0 Å². The maximum absolute atomic E-state index is 11.2. The normalized spacial score (nSPS) is 43.5. The van der Waals surface area contributed by atoms with E-state index >= 15 is 0 Å². The van der Waals surface area contributed by atoms with Crippen LogP contribution in [0.3, 0.4) is 0 Å². The summed E-state index contributed by atoms with van der Waals surface area (Å²) in [6.45, 7) is 16.4. The van der Waals surface area contributed by atoms with Crippen molar-refractivity contribution in [1.82, 2.24) is 0 Å². The van der Waals surface area contributed by atoms with Gasteiger partial charge in [0.25, 0.3) is 0 Å². The molecule has 4 rings (SSSR count). The summed E-state index contributed by atoms with van der Waals surface area (Å²) in [6, 6.07) is 0. The zero-order valence-electron chi connectivity index (χ0n) is 22.6. The first-order chi connectivity index (χ1) is 15.8. The molecule has 4 heteroatoms. The molecule has 3 saturated carbocycles. The highest BCUT2D eigenvalue weighted by Gasteiger charge is 2.65. The van der Waals surface area contributed by atoms with Gasteiger partial charge in [-0.2, -0.15) is 0 Å². The zero-order valence-corrected chi connectivity index (χ0v) is 22.6. The van der Waals surface area contributed by atoms with Gasteiger partial charge in [0.15, 0.2) is 0 Å². The Hall–Kier alpha value is -1.58. The monoisotopic (exact) mass is 469 g/mol. The third-order valence-corrected chi connectivity index (χ3v) is 11.9. The number of nitrogens with zero attached hydrogens (tertiary/aromatic N) is 1. The predicted molar refractivity (Wildman–Crippen MR) is 138 cm³/mol. The molecule has 0 aromatic carbocycles. The van der Waals surface area contributed by atoms with E-state index in [9.17, 15) is 10.0 Å². The van der Waals surface area contributed by atoms with E-state index in [2.05, 4.69) is 52.8 Å². The van der Waals surface area contributed by atoms with E-state index in [1.807, 2.05) is 6.08 Å². The van der Waals surface area contributed by atoms with Gasteiger partial charge >= 0.3 is 5.97 Å². The minimum Gasteiger partial charge on any atom is -0.478 e. The largest absolute Gasteiger partial charge is 0.478 e. The highest BCUT2D eigenvalue weighted by molar-refractivity contribution is 5.90. The lowest BCUT2D eigenvalue weighted by Gasteiger charge is -2.63. The van der Waals surface area contributed by atoms with Gasteiger partial charge in [-0.15, -0.1) is 0 Å². The van der Waals surface area contributed by atoms with Crippen LogP contribution >= 0.6 is 0 Å². The Balaban J connectivity index is 1.59. The maximum atomic E-state index is 11.2. The van der Waals surface area contributed by atoms with Crippen molar-refractivity contribution in [2.75, 3.05) is 0 Å². The second-order valence-corrected chi connectivity index (χ2v) is 13.5. The van der Waals surface area contributed by atoms with Crippen LogP contribution in [0.1, 0.15) is 106 Å². The molecule has 0 bridgehead atoms. The molecule has 4 aliphatic rings. The first kappa shape index (κ1) is 25.5. The standard InChI is InChI=1S/C30H47NO3/c1-19(9-8-10-20(2)26(32)33)21-13-17-30(7)23-11-12-24-27(3,4)25(31-34)15-16-28(24,5)22(23)14-18-29(21,30)6/h10-11,19,21-22,24,34H,8-9,12-18H2,1-7H3,(H,32,33)/b20-10-,31-25-/t19-,21+,22+,24+,28+,29-,30+/m0/s1. The number of oxime groups is 1. The van der Waals surface area contributed by atoms with Crippen LogP contribution in [0.25, 0.3) is 0 Å². The maximum Gasteiger partial charge on any atom is 0.330 e. The van der Waals surface area contributed by atoms with E-state index in [-0.39, 0.29) is 16.2 Å². The van der Waals surface area contributed by atoms with Crippen LogP contribution in [0.2, 0.25) is 0 Å². The summed E-state index contributed by atoms with van der Waals surface area (Å²) in [4.78, 5) is 11.2. The molecule has 34 heavy (non-hydrogen) atoms. The van der Waals surface area contributed by atoms with E-state index < -0.39 is 5.97 Å². The summed E-state index contributed by atoms with van der Waals surface area (Å²) in [5.41, 5.74) is 3.98. The molecule has 0 unspecified atom stereocenters. The molecule has 0 saturated heterocycles. The highest BCUT2D eigenvalue weighted by Crippen LogP contribution is 2.73.